The molecular weight excluding hydrogens is 1170 g/mol. The number of benzene rings is 16. The second kappa shape index (κ2) is 20.9. The molecule has 4 aliphatic rings. The summed E-state index contributed by atoms with van der Waals surface area (Å²) in [6.45, 7) is 0. The zero-order valence-corrected chi connectivity index (χ0v) is 53.9. The van der Waals surface area contributed by atoms with E-state index in [0.29, 0.717) is 0 Å². The van der Waals surface area contributed by atoms with E-state index in [0.717, 1.165) is 0 Å². The van der Waals surface area contributed by atoms with Crippen LogP contribution in [0.2, 0.25) is 0 Å². The van der Waals surface area contributed by atoms with Crippen molar-refractivity contribution in [3.63, 3.8) is 0 Å². The van der Waals surface area contributed by atoms with Crippen LogP contribution in [-0.2, 0) is 16.2 Å². The van der Waals surface area contributed by atoms with E-state index < -0.39 is 16.2 Å². The SMILES string of the molecule is CN1c2ccccc2C(c2ccccc2)(c2ccccc2)c2cccc(-c3cccc4c(-c5cccc6c5-c5c(ccc7ccccc57)C65c6ccccc6-c6ccccc65)c5cccc(-c6cccc7c6N(C)c6ccccc6C7(c6ccccc6)c6ccccc6)c5cc34)c21. The minimum Gasteiger partial charge on any atom is -0.344 e. The molecule has 0 N–H and O–H groups in total. The molecule has 2 heteroatoms. The number of rotatable bonds is 7. The van der Waals surface area contributed by atoms with Gasteiger partial charge in [0, 0.05) is 36.6 Å². The van der Waals surface area contributed by atoms with Gasteiger partial charge in [0.05, 0.1) is 27.6 Å². The quantitative estimate of drug-likeness (QED) is 0.147. The third-order valence-electron chi connectivity index (χ3n) is 22.6. The Kier molecular flexibility index (Phi) is 12.0. The Morgan fingerprint density at radius 1 is 0.196 bits per heavy atom. The lowest BCUT2D eigenvalue weighted by Gasteiger charge is -2.46. The maximum absolute atomic E-state index is 2.58. The van der Waals surface area contributed by atoms with E-state index in [1.807, 2.05) is 0 Å². The van der Waals surface area contributed by atoms with E-state index in [4.69, 9.17) is 0 Å². The first-order valence-corrected chi connectivity index (χ1v) is 34.0. The zero-order valence-electron chi connectivity index (χ0n) is 53.9. The maximum Gasteiger partial charge on any atom is 0.0742 e. The molecule has 0 radical (unpaired) electrons. The van der Waals surface area contributed by atoms with Crippen molar-refractivity contribution in [2.24, 2.45) is 0 Å². The minimum atomic E-state index is -0.646. The fourth-order valence-corrected chi connectivity index (χ4v) is 19.0. The molecule has 2 nitrogen and oxygen atoms in total. The average molecular weight is 1230 g/mol. The zero-order chi connectivity index (χ0) is 64.1. The maximum atomic E-state index is 2.58. The molecule has 97 heavy (non-hydrogen) atoms. The van der Waals surface area contributed by atoms with E-state index >= 15 is 0 Å². The summed E-state index contributed by atoms with van der Waals surface area (Å²) >= 11 is 0. The Morgan fingerprint density at radius 2 is 0.536 bits per heavy atom. The van der Waals surface area contributed by atoms with Crippen molar-refractivity contribution in [2.75, 3.05) is 23.9 Å². The highest BCUT2D eigenvalue weighted by Gasteiger charge is 2.53. The van der Waals surface area contributed by atoms with Crippen LogP contribution in [0.15, 0.2) is 352 Å². The summed E-state index contributed by atoms with van der Waals surface area (Å²) in [4.78, 5) is 4.96. The molecule has 0 aromatic heterocycles. The number of anilines is 4. The molecule has 2 aliphatic carbocycles. The van der Waals surface area contributed by atoms with Crippen molar-refractivity contribution >= 4 is 55.1 Å². The Morgan fingerprint density at radius 3 is 1.02 bits per heavy atom. The fourth-order valence-electron chi connectivity index (χ4n) is 19.0. The van der Waals surface area contributed by atoms with Crippen LogP contribution in [0.1, 0.15) is 66.8 Å². The van der Waals surface area contributed by atoms with Crippen molar-refractivity contribution in [1.29, 1.82) is 0 Å². The Bertz CT molecular complexity index is 5560. The van der Waals surface area contributed by atoms with Gasteiger partial charge in [0.25, 0.3) is 0 Å². The number of para-hydroxylation sites is 4. The van der Waals surface area contributed by atoms with Gasteiger partial charge >= 0.3 is 0 Å². The van der Waals surface area contributed by atoms with Gasteiger partial charge in [-0.2, -0.15) is 0 Å². The summed E-state index contributed by atoms with van der Waals surface area (Å²) in [5.41, 5.74) is 30.5. The van der Waals surface area contributed by atoms with Gasteiger partial charge < -0.3 is 9.80 Å². The van der Waals surface area contributed by atoms with E-state index in [-0.39, 0.29) is 0 Å². The molecular formula is C95H64N2. The van der Waals surface area contributed by atoms with Crippen LogP contribution in [-0.4, -0.2) is 14.1 Å². The molecule has 0 unspecified atom stereocenters. The minimum absolute atomic E-state index is 0.573. The molecule has 0 saturated heterocycles. The summed E-state index contributed by atoms with van der Waals surface area (Å²) in [6.07, 6.45) is 0. The number of hydrogen-bond donors (Lipinski definition) is 0. The first-order valence-electron chi connectivity index (χ1n) is 34.0. The van der Waals surface area contributed by atoms with Gasteiger partial charge in [0.15, 0.2) is 0 Å². The van der Waals surface area contributed by atoms with Gasteiger partial charge in [-0.25, -0.2) is 0 Å². The molecule has 0 bridgehead atoms. The van der Waals surface area contributed by atoms with Crippen LogP contribution in [0.3, 0.4) is 0 Å². The van der Waals surface area contributed by atoms with E-state index in [2.05, 4.69) is 376 Å². The number of fused-ring (bicyclic) bond motifs is 18. The molecule has 0 atom stereocenters. The Hall–Kier alpha value is -12.1. The molecule has 2 aliphatic heterocycles. The molecule has 0 saturated carbocycles. The summed E-state index contributed by atoms with van der Waals surface area (Å²) < 4.78 is 0. The van der Waals surface area contributed by atoms with Gasteiger partial charge in [0.2, 0.25) is 0 Å². The average Bonchev–Trinajstić information content (AvgIpc) is 1.60. The van der Waals surface area contributed by atoms with E-state index in [1.165, 1.54) is 177 Å². The highest BCUT2D eigenvalue weighted by molar-refractivity contribution is 6.23. The normalized spacial score (nSPS) is 14.5. The smallest absolute Gasteiger partial charge is 0.0742 e. The molecule has 1 spiro atoms. The largest absolute Gasteiger partial charge is 0.344 e. The second-order valence-corrected chi connectivity index (χ2v) is 26.9. The number of hydrogen-bond acceptors (Lipinski definition) is 2. The van der Waals surface area contributed by atoms with Crippen LogP contribution in [0.4, 0.5) is 22.7 Å². The summed E-state index contributed by atoms with van der Waals surface area (Å²) in [5, 5.41) is 7.27. The molecule has 454 valence electrons. The third-order valence-corrected chi connectivity index (χ3v) is 22.6. The van der Waals surface area contributed by atoms with Crippen LogP contribution < -0.4 is 9.80 Å². The predicted molar refractivity (Wildman–Crippen MR) is 404 cm³/mol. The predicted octanol–water partition coefficient (Wildman–Crippen LogP) is 23.4. The van der Waals surface area contributed by atoms with Crippen molar-refractivity contribution in [2.45, 2.75) is 16.2 Å². The molecule has 16 aromatic rings. The molecule has 0 amide bonds. The standard InChI is InChI=1S/C95H64N2/c1-96-86-56-23-21-51-80(86)93(62-31-7-3-8-32-62,63-33-9-4-10-34-63)84-54-27-46-73(91(84)96)67-42-25-44-71-76(67)60-77-68(74-47-28-55-85-92(74)97(2)87-57-24-22-52-81(87)94(85,64-35-11-5-12-36-64)65-37-13-6-14-38-65)43-26-45-72(77)88(71)75-48-29-53-82-90(75)89-66-39-16-15-30-61(66)58-59-83(89)95(82)78-49-19-17-40-69(78)70-41-18-20-50-79(70)95/h3-60H,1-2H3. The van der Waals surface area contributed by atoms with Crippen LogP contribution in [0.5, 0.6) is 0 Å². The third kappa shape index (κ3) is 7.29. The first-order chi connectivity index (χ1) is 48.0. The van der Waals surface area contributed by atoms with Crippen molar-refractivity contribution < 1.29 is 0 Å². The summed E-state index contributed by atoms with van der Waals surface area (Å²) in [5.74, 6) is 0. The van der Waals surface area contributed by atoms with Crippen LogP contribution >= 0.6 is 0 Å². The van der Waals surface area contributed by atoms with E-state index in [1.54, 1.807) is 0 Å². The second-order valence-electron chi connectivity index (χ2n) is 26.9. The van der Waals surface area contributed by atoms with Crippen molar-refractivity contribution in [1.82, 2.24) is 0 Å². The lowest BCUT2D eigenvalue weighted by Crippen LogP contribution is -2.38. The molecule has 2 heterocycles. The lowest BCUT2D eigenvalue weighted by molar-refractivity contribution is 0.728. The van der Waals surface area contributed by atoms with Gasteiger partial charge in [0.1, 0.15) is 0 Å². The molecule has 16 aromatic carbocycles. The van der Waals surface area contributed by atoms with E-state index in [9.17, 15) is 0 Å². The van der Waals surface area contributed by atoms with Crippen LogP contribution in [0, 0.1) is 0 Å². The van der Waals surface area contributed by atoms with Crippen LogP contribution in [0.25, 0.3) is 88.0 Å². The number of nitrogens with zero attached hydrogens (tertiary/aromatic N) is 2. The molecule has 0 fully saturated rings. The first kappa shape index (κ1) is 55.4. The van der Waals surface area contributed by atoms with Gasteiger partial charge in [-0.15, -0.1) is 0 Å². The summed E-state index contributed by atoms with van der Waals surface area (Å²) in [7, 11) is 4.57. The highest BCUT2D eigenvalue weighted by atomic mass is 15.1. The van der Waals surface area contributed by atoms with Gasteiger partial charge in [-0.3, -0.25) is 0 Å². The van der Waals surface area contributed by atoms with Gasteiger partial charge in [-0.1, -0.05) is 334 Å². The molecule has 20 rings (SSSR count). The highest BCUT2D eigenvalue weighted by Crippen LogP contribution is 2.67. The van der Waals surface area contributed by atoms with Gasteiger partial charge in [-0.05, 0) is 162 Å². The Balaban J connectivity index is 0.936. The van der Waals surface area contributed by atoms with Crippen molar-refractivity contribution in [3.05, 3.63) is 419 Å². The monoisotopic (exact) mass is 1230 g/mol. The topological polar surface area (TPSA) is 6.48 Å². The lowest BCUT2D eigenvalue weighted by atomic mass is 9.62. The van der Waals surface area contributed by atoms with Crippen molar-refractivity contribution in [3.8, 4) is 55.6 Å². The summed E-state index contributed by atoms with van der Waals surface area (Å²) in [6, 6.07) is 134. The fraction of sp³-hybridized carbons (Fsp3) is 0.0526. The Labute approximate surface area is 565 Å².